The minimum atomic E-state index is -0.719. The summed E-state index contributed by atoms with van der Waals surface area (Å²) in [4.78, 5) is 24.4. The van der Waals surface area contributed by atoms with Crippen molar-refractivity contribution in [1.29, 1.82) is 0 Å². The lowest BCUT2D eigenvalue weighted by Crippen LogP contribution is -2.42. The number of carbonyl (C=O) groups is 2. The Morgan fingerprint density at radius 1 is 0.640 bits per heavy atom. The van der Waals surface area contributed by atoms with Crippen LogP contribution in [0.3, 0.4) is 0 Å². The third-order valence-electron chi connectivity index (χ3n) is 3.66. The number of halogens is 1. The highest BCUT2D eigenvalue weighted by Gasteiger charge is 2.15. The molecule has 0 saturated carbocycles. The predicted octanol–water partition coefficient (Wildman–Crippen LogP) is 3.57. The van der Waals surface area contributed by atoms with Gasteiger partial charge in [-0.05, 0) is 29.3 Å². The molecule has 0 radical (unpaired) electrons. The van der Waals surface area contributed by atoms with Crippen molar-refractivity contribution >= 4 is 11.8 Å². The van der Waals surface area contributed by atoms with Crippen LogP contribution in [0.4, 0.5) is 4.39 Å². The average molecular weight is 334 g/mol. The van der Waals surface area contributed by atoms with Crippen LogP contribution in [0, 0.1) is 5.82 Å². The standard InChI is InChI=1S/C20H15FN2O2/c21-18-13-7-6-12-17(18)20(25)23-22-19(24)16-11-5-4-10-15(16)14-8-2-1-3-9-14/h1-13H,(H,22,24)(H,23,25). The summed E-state index contributed by atoms with van der Waals surface area (Å²) >= 11 is 0. The van der Waals surface area contributed by atoms with E-state index in [1.54, 1.807) is 18.2 Å². The number of amides is 2. The molecule has 3 aromatic rings. The van der Waals surface area contributed by atoms with Crippen LogP contribution >= 0.6 is 0 Å². The highest BCUT2D eigenvalue weighted by molar-refractivity contribution is 6.03. The van der Waals surface area contributed by atoms with Gasteiger partial charge in [0, 0.05) is 5.56 Å². The van der Waals surface area contributed by atoms with E-state index in [0.717, 1.165) is 11.1 Å². The fourth-order valence-corrected chi connectivity index (χ4v) is 2.44. The van der Waals surface area contributed by atoms with Gasteiger partial charge in [-0.3, -0.25) is 20.4 Å². The number of hydrazine groups is 1. The zero-order valence-electron chi connectivity index (χ0n) is 13.2. The molecule has 2 amide bonds. The molecule has 0 atom stereocenters. The van der Waals surface area contributed by atoms with E-state index in [9.17, 15) is 14.0 Å². The third-order valence-corrected chi connectivity index (χ3v) is 3.66. The number of hydrogen-bond donors (Lipinski definition) is 2. The quantitative estimate of drug-likeness (QED) is 0.720. The minimum absolute atomic E-state index is 0.140. The van der Waals surface area contributed by atoms with Crippen LogP contribution in [0.25, 0.3) is 11.1 Å². The van der Waals surface area contributed by atoms with Gasteiger partial charge in [0.25, 0.3) is 11.8 Å². The lowest BCUT2D eigenvalue weighted by atomic mass is 9.99. The Hall–Kier alpha value is -3.47. The molecule has 2 N–H and O–H groups in total. The molecule has 124 valence electrons. The van der Waals surface area contributed by atoms with Crippen LogP contribution in [0.2, 0.25) is 0 Å². The van der Waals surface area contributed by atoms with Gasteiger partial charge in [-0.1, -0.05) is 60.7 Å². The Kier molecular flexibility index (Phi) is 4.85. The first-order valence-corrected chi connectivity index (χ1v) is 7.66. The molecule has 0 bridgehead atoms. The van der Waals surface area contributed by atoms with E-state index in [-0.39, 0.29) is 5.56 Å². The molecule has 0 aliphatic carbocycles. The highest BCUT2D eigenvalue weighted by atomic mass is 19.1. The maximum Gasteiger partial charge on any atom is 0.272 e. The van der Waals surface area contributed by atoms with Gasteiger partial charge >= 0.3 is 0 Å². The molecular weight excluding hydrogens is 319 g/mol. The van der Waals surface area contributed by atoms with Gasteiger partial charge in [-0.25, -0.2) is 4.39 Å². The van der Waals surface area contributed by atoms with Crippen LogP contribution in [-0.2, 0) is 0 Å². The molecule has 0 fully saturated rings. The Bertz CT molecular complexity index is 910. The van der Waals surface area contributed by atoms with Gasteiger partial charge in [-0.2, -0.15) is 0 Å². The van der Waals surface area contributed by atoms with Crippen molar-refractivity contribution in [3.05, 3.63) is 95.8 Å². The van der Waals surface area contributed by atoms with E-state index in [1.807, 2.05) is 42.5 Å². The van der Waals surface area contributed by atoms with Gasteiger partial charge in [0.1, 0.15) is 5.82 Å². The molecule has 4 nitrogen and oxygen atoms in total. The normalized spacial score (nSPS) is 10.1. The zero-order chi connectivity index (χ0) is 17.6. The number of nitrogens with one attached hydrogen (secondary N) is 2. The predicted molar refractivity (Wildman–Crippen MR) is 93.2 cm³/mol. The summed E-state index contributed by atoms with van der Waals surface area (Å²) in [6.45, 7) is 0. The molecular formula is C20H15FN2O2. The summed E-state index contributed by atoms with van der Waals surface area (Å²) in [5.41, 5.74) is 6.45. The van der Waals surface area contributed by atoms with Gasteiger partial charge in [0.15, 0.2) is 0 Å². The van der Waals surface area contributed by atoms with Crippen molar-refractivity contribution in [1.82, 2.24) is 10.9 Å². The maximum absolute atomic E-state index is 13.6. The van der Waals surface area contributed by atoms with Gasteiger partial charge in [0.2, 0.25) is 0 Å². The molecule has 3 rings (SSSR count). The van der Waals surface area contributed by atoms with Crippen molar-refractivity contribution in [2.24, 2.45) is 0 Å². The van der Waals surface area contributed by atoms with Crippen LogP contribution in [0.1, 0.15) is 20.7 Å². The number of hydrogen-bond acceptors (Lipinski definition) is 2. The molecule has 0 aliphatic heterocycles. The zero-order valence-corrected chi connectivity index (χ0v) is 13.2. The molecule has 0 aromatic heterocycles. The van der Waals surface area contributed by atoms with Gasteiger partial charge < -0.3 is 0 Å². The number of carbonyl (C=O) groups excluding carboxylic acids is 2. The van der Waals surface area contributed by atoms with Crippen LogP contribution in [0.5, 0.6) is 0 Å². The van der Waals surface area contributed by atoms with Crippen LogP contribution in [-0.4, -0.2) is 11.8 Å². The van der Waals surface area contributed by atoms with Gasteiger partial charge in [0.05, 0.1) is 5.56 Å². The van der Waals surface area contributed by atoms with Crippen molar-refractivity contribution in [3.63, 3.8) is 0 Å². The Morgan fingerprint density at radius 2 is 1.16 bits per heavy atom. The second-order valence-electron chi connectivity index (χ2n) is 5.30. The van der Waals surface area contributed by atoms with Crippen molar-refractivity contribution in [2.75, 3.05) is 0 Å². The molecule has 0 aliphatic rings. The number of rotatable bonds is 3. The minimum Gasteiger partial charge on any atom is -0.267 e. The van der Waals surface area contributed by atoms with E-state index >= 15 is 0 Å². The SMILES string of the molecule is O=C(NNC(=O)c1ccccc1-c1ccccc1)c1ccccc1F. The second-order valence-corrected chi connectivity index (χ2v) is 5.30. The van der Waals surface area contributed by atoms with Crippen molar-refractivity contribution in [3.8, 4) is 11.1 Å². The maximum atomic E-state index is 13.6. The second kappa shape index (κ2) is 7.40. The highest BCUT2D eigenvalue weighted by Crippen LogP contribution is 2.23. The lowest BCUT2D eigenvalue weighted by molar-refractivity contribution is 0.0844. The van der Waals surface area contributed by atoms with Crippen molar-refractivity contribution < 1.29 is 14.0 Å². The summed E-state index contributed by atoms with van der Waals surface area (Å²) < 4.78 is 13.6. The molecule has 0 heterocycles. The smallest absolute Gasteiger partial charge is 0.267 e. The summed E-state index contributed by atoms with van der Waals surface area (Å²) in [7, 11) is 0. The van der Waals surface area contributed by atoms with Crippen molar-refractivity contribution in [2.45, 2.75) is 0 Å². The van der Waals surface area contributed by atoms with Crippen LogP contribution in [0.15, 0.2) is 78.9 Å². The van der Waals surface area contributed by atoms with E-state index in [2.05, 4.69) is 10.9 Å². The molecule has 0 spiro atoms. The summed E-state index contributed by atoms with van der Waals surface area (Å²) in [6.07, 6.45) is 0. The third kappa shape index (κ3) is 3.72. The summed E-state index contributed by atoms with van der Waals surface area (Å²) in [6, 6.07) is 22.0. The van der Waals surface area contributed by atoms with E-state index < -0.39 is 17.6 Å². The summed E-state index contributed by atoms with van der Waals surface area (Å²) in [5.74, 6) is -1.85. The van der Waals surface area contributed by atoms with E-state index in [4.69, 9.17) is 0 Å². The average Bonchev–Trinajstić information content (AvgIpc) is 2.67. The molecule has 0 saturated heterocycles. The molecule has 5 heteroatoms. The molecule has 25 heavy (non-hydrogen) atoms. The Labute approximate surface area is 144 Å². The fourth-order valence-electron chi connectivity index (χ4n) is 2.44. The first-order valence-electron chi connectivity index (χ1n) is 7.66. The Balaban J connectivity index is 1.77. The van der Waals surface area contributed by atoms with Gasteiger partial charge in [-0.15, -0.1) is 0 Å². The van der Waals surface area contributed by atoms with Crippen LogP contribution < -0.4 is 10.9 Å². The monoisotopic (exact) mass is 334 g/mol. The largest absolute Gasteiger partial charge is 0.272 e. The van der Waals surface area contributed by atoms with E-state index in [0.29, 0.717) is 5.56 Å². The topological polar surface area (TPSA) is 58.2 Å². The van der Waals surface area contributed by atoms with E-state index in [1.165, 1.54) is 18.2 Å². The first kappa shape index (κ1) is 16.4. The fraction of sp³-hybridized carbons (Fsp3) is 0. The molecule has 0 unspecified atom stereocenters. The number of benzene rings is 3. The Morgan fingerprint density at radius 3 is 1.84 bits per heavy atom. The summed E-state index contributed by atoms with van der Waals surface area (Å²) in [5, 5.41) is 0. The first-order chi connectivity index (χ1) is 12.2. The molecule has 3 aromatic carbocycles. The lowest BCUT2D eigenvalue weighted by Gasteiger charge is -2.11.